The molecule has 0 rings (SSSR count). The van der Waals surface area contributed by atoms with Gasteiger partial charge < -0.3 is 28.0 Å². The summed E-state index contributed by atoms with van der Waals surface area (Å²) in [5, 5.41) is 0. The summed E-state index contributed by atoms with van der Waals surface area (Å²) in [6.07, 6.45) is 0. The van der Waals surface area contributed by atoms with Gasteiger partial charge >= 0.3 is 22.7 Å². The Labute approximate surface area is 83.4 Å². The Hall–Kier alpha value is 0.480. The van der Waals surface area contributed by atoms with Gasteiger partial charge in [0.2, 0.25) is 7.37 Å². The molecule has 0 amide bonds. The number of hydrogen-bond acceptors (Lipinski definition) is 5. The number of phosphoric acid groups is 2. The van der Waals surface area contributed by atoms with Crippen LogP contribution >= 0.6 is 15.6 Å². The lowest BCUT2D eigenvalue weighted by molar-refractivity contribution is 0.251. The quantitative estimate of drug-likeness (QED) is 0.360. The zero-order chi connectivity index (χ0) is 11.4. The third kappa shape index (κ3) is 7.84. The fourth-order valence-corrected chi connectivity index (χ4v) is 1.28. The Morgan fingerprint density at radius 2 is 1.71 bits per heavy atom. The molecule has 14 heteroatoms. The molecule has 5 radical (unpaired) electrons. The third-order valence-electron chi connectivity index (χ3n) is 0.672. The Morgan fingerprint density at radius 3 is 2.07 bits per heavy atom. The molecule has 0 saturated carbocycles. The van der Waals surface area contributed by atoms with E-state index in [1.165, 1.54) is 0 Å². The van der Waals surface area contributed by atoms with Gasteiger partial charge in [-0.2, -0.15) is 0 Å². The van der Waals surface area contributed by atoms with Crippen LogP contribution in [0.1, 0.15) is 0 Å². The van der Waals surface area contributed by atoms with Gasteiger partial charge in [0.25, 0.3) is 0 Å². The van der Waals surface area contributed by atoms with E-state index in [9.17, 15) is 9.13 Å². The molecule has 0 aromatic carbocycles. The van der Waals surface area contributed by atoms with E-state index in [0.717, 1.165) is 0 Å². The molecule has 0 aromatic heterocycles. The zero-order valence-electron chi connectivity index (χ0n) is 6.59. The van der Waals surface area contributed by atoms with Gasteiger partial charge in [-0.25, -0.2) is 9.13 Å². The maximum atomic E-state index is 10.7. The molecule has 3 N–H and O–H groups in total. The predicted octanol–water partition coefficient (Wildman–Crippen LogP) is -1.91. The van der Waals surface area contributed by atoms with Crippen LogP contribution in [0.2, 0.25) is 0 Å². The average molecular weight is 236 g/mol. The lowest BCUT2D eigenvalue weighted by Gasteiger charge is -2.16. The maximum absolute atomic E-state index is 10.7. The highest BCUT2D eigenvalue weighted by molar-refractivity contribution is 7.52. The Bertz CT molecular complexity index is 258. The fraction of sp³-hybridized carbons (Fsp3) is 0. The van der Waals surface area contributed by atoms with Crippen LogP contribution in [-0.4, -0.2) is 44.5 Å². The van der Waals surface area contributed by atoms with Crippen molar-refractivity contribution in [3.8, 4) is 0 Å². The molecule has 0 saturated heterocycles. The number of hydrogen-bond donors (Lipinski definition) is 3. The highest BCUT2D eigenvalue weighted by Gasteiger charge is 2.30. The SMILES string of the molecule is [B][B]OP(=O)(O)OB([B])OP(=O)(O)O. The molecule has 0 bridgehead atoms. The molecule has 0 heterocycles. The highest BCUT2D eigenvalue weighted by atomic mass is 31.2. The summed E-state index contributed by atoms with van der Waals surface area (Å²) in [7, 11) is -1.89. The monoisotopic (exact) mass is 237 g/mol. The first-order valence-corrected chi connectivity index (χ1v) is 5.91. The molecule has 8 nitrogen and oxygen atoms in total. The molecule has 1 atom stereocenters. The predicted molar refractivity (Wildman–Crippen MR) is 48.1 cm³/mol. The molecule has 0 aliphatic carbocycles. The summed E-state index contributed by atoms with van der Waals surface area (Å²) in [6.45, 7) is 0. The minimum absolute atomic E-state index is 0.352. The van der Waals surface area contributed by atoms with E-state index in [1.54, 1.807) is 0 Å². The minimum atomic E-state index is -4.91. The first-order valence-electron chi connectivity index (χ1n) is 2.89. The lowest BCUT2D eigenvalue weighted by Crippen LogP contribution is -2.21. The number of rotatable bonds is 6. The molecular formula is H3B4O8P2. The van der Waals surface area contributed by atoms with Gasteiger partial charge in [-0.15, -0.1) is 0 Å². The van der Waals surface area contributed by atoms with Crippen molar-refractivity contribution in [3.63, 3.8) is 0 Å². The Balaban J connectivity index is 4.12. The van der Waals surface area contributed by atoms with E-state index in [2.05, 4.69) is 21.1 Å². The fourth-order valence-electron chi connectivity index (χ4n) is 0.388. The molecule has 0 aliphatic rings. The third-order valence-corrected chi connectivity index (χ3v) is 2.02. The van der Waals surface area contributed by atoms with E-state index in [1.807, 2.05) is 0 Å². The molecule has 0 aromatic rings. The van der Waals surface area contributed by atoms with Crippen LogP contribution in [-0.2, 0) is 22.5 Å². The molecule has 73 valence electrons. The van der Waals surface area contributed by atoms with Crippen molar-refractivity contribution >= 4 is 45.5 Å². The van der Waals surface area contributed by atoms with Crippen molar-refractivity contribution in [1.82, 2.24) is 0 Å². The highest BCUT2D eigenvalue weighted by Crippen LogP contribution is 2.45. The summed E-state index contributed by atoms with van der Waals surface area (Å²) in [5.41, 5.74) is 0. The van der Waals surface area contributed by atoms with Gasteiger partial charge in [0, 0.05) is 0 Å². The molecule has 0 spiro atoms. The smallest absolute Gasteiger partial charge is 0.368 e. The van der Waals surface area contributed by atoms with Crippen LogP contribution in [0.5, 0.6) is 0 Å². The first kappa shape index (κ1) is 14.5. The molecule has 0 aliphatic heterocycles. The zero-order valence-corrected chi connectivity index (χ0v) is 8.38. The van der Waals surface area contributed by atoms with E-state index in [-0.39, 0.29) is 0 Å². The van der Waals surface area contributed by atoms with E-state index in [4.69, 9.17) is 22.4 Å². The van der Waals surface area contributed by atoms with Crippen molar-refractivity contribution < 1.29 is 37.1 Å². The first-order chi connectivity index (χ1) is 6.16. The van der Waals surface area contributed by atoms with Gasteiger partial charge in [0.05, 0.1) is 7.74 Å². The maximum Gasteiger partial charge on any atom is 0.456 e. The molecule has 0 fully saturated rings. The largest absolute Gasteiger partial charge is 0.456 e. The van der Waals surface area contributed by atoms with Crippen LogP contribution in [0.4, 0.5) is 0 Å². The van der Waals surface area contributed by atoms with Crippen LogP contribution in [0.25, 0.3) is 0 Å². The van der Waals surface area contributed by atoms with Crippen LogP contribution in [0.3, 0.4) is 0 Å². The van der Waals surface area contributed by atoms with Crippen molar-refractivity contribution in [2.24, 2.45) is 0 Å². The van der Waals surface area contributed by atoms with Gasteiger partial charge in [0.1, 0.15) is 7.74 Å². The van der Waals surface area contributed by atoms with Crippen LogP contribution < -0.4 is 0 Å². The van der Waals surface area contributed by atoms with Crippen molar-refractivity contribution in [2.75, 3.05) is 0 Å². The van der Waals surface area contributed by atoms with Crippen LogP contribution in [0, 0.1) is 0 Å². The van der Waals surface area contributed by atoms with Crippen LogP contribution in [0.15, 0.2) is 0 Å². The van der Waals surface area contributed by atoms with Gasteiger partial charge in [-0.1, -0.05) is 0 Å². The van der Waals surface area contributed by atoms with E-state index in [0.29, 0.717) is 7.37 Å². The molecule has 14 heavy (non-hydrogen) atoms. The molecular weight excluding hydrogens is 233 g/mol. The van der Waals surface area contributed by atoms with E-state index >= 15 is 0 Å². The summed E-state index contributed by atoms with van der Waals surface area (Å²) in [6, 6.07) is 0. The Morgan fingerprint density at radius 1 is 1.21 bits per heavy atom. The molecule has 1 unspecified atom stereocenters. The summed E-state index contributed by atoms with van der Waals surface area (Å²) >= 11 is 0. The summed E-state index contributed by atoms with van der Waals surface area (Å²) < 4.78 is 32.3. The van der Waals surface area contributed by atoms with Gasteiger partial charge in [-0.05, 0) is 0 Å². The van der Waals surface area contributed by atoms with Crippen molar-refractivity contribution in [1.29, 1.82) is 0 Å². The second kappa shape index (κ2) is 5.53. The van der Waals surface area contributed by atoms with E-state index < -0.39 is 22.7 Å². The Kier molecular flexibility index (Phi) is 5.72. The average Bonchev–Trinajstić information content (AvgIpc) is 1.78. The summed E-state index contributed by atoms with van der Waals surface area (Å²) in [5.74, 6) is 0. The summed E-state index contributed by atoms with van der Waals surface area (Å²) in [4.78, 5) is 25.1. The standard InChI is InChI=1S/B4H3O8P2/c1-3-10-14(8,9)12-4(2)11-13(5,6)7/h(H,8,9)(H2,5,6,7). The van der Waals surface area contributed by atoms with Gasteiger partial charge in [0.15, 0.2) is 0 Å². The normalized spacial score (nSPS) is 15.9. The lowest BCUT2D eigenvalue weighted by atomic mass is 9.64. The van der Waals surface area contributed by atoms with Crippen molar-refractivity contribution in [2.45, 2.75) is 0 Å². The topological polar surface area (TPSA) is 123 Å². The second-order valence-electron chi connectivity index (χ2n) is 1.78. The minimum Gasteiger partial charge on any atom is -0.368 e. The second-order valence-corrected chi connectivity index (χ2v) is 4.33. The van der Waals surface area contributed by atoms with Crippen molar-refractivity contribution in [3.05, 3.63) is 0 Å². The van der Waals surface area contributed by atoms with Gasteiger partial charge in [-0.3, -0.25) is 0 Å².